The number of imidazole rings is 1. The molecule has 0 saturated heterocycles. The van der Waals surface area contributed by atoms with E-state index >= 15 is 0 Å². The smallest absolute Gasteiger partial charge is 0.261 e. The number of anilines is 1. The number of amides is 1. The van der Waals surface area contributed by atoms with Crippen molar-refractivity contribution in [2.45, 2.75) is 13.0 Å². The molecule has 2 aromatic carbocycles. The van der Waals surface area contributed by atoms with Gasteiger partial charge in [0.25, 0.3) is 5.91 Å². The summed E-state index contributed by atoms with van der Waals surface area (Å²) in [7, 11) is 1.63. The van der Waals surface area contributed by atoms with Gasteiger partial charge in [0.15, 0.2) is 5.13 Å². The molecule has 162 valence electrons. The minimum Gasteiger partial charge on any atom is -0.497 e. The molecule has 0 aliphatic rings. The Kier molecular flexibility index (Phi) is 7.94. The van der Waals surface area contributed by atoms with Crippen molar-refractivity contribution in [1.82, 2.24) is 14.5 Å². The molecule has 2 aromatic heterocycles. The zero-order valence-corrected chi connectivity index (χ0v) is 20.5. The van der Waals surface area contributed by atoms with Gasteiger partial charge in [0.2, 0.25) is 0 Å². The van der Waals surface area contributed by atoms with E-state index in [0.717, 1.165) is 33.4 Å². The predicted molar refractivity (Wildman–Crippen MR) is 131 cm³/mol. The lowest BCUT2D eigenvalue weighted by atomic mass is 10.2. The van der Waals surface area contributed by atoms with Crippen molar-refractivity contribution in [3.05, 3.63) is 70.2 Å². The second kappa shape index (κ2) is 10.5. The molecule has 0 atom stereocenters. The molecule has 0 bridgehead atoms. The number of ether oxygens (including phenoxy) is 1. The maximum Gasteiger partial charge on any atom is 0.261 e. The number of nitrogens with zero attached hydrogens (tertiary/aromatic N) is 4. The van der Waals surface area contributed by atoms with E-state index in [4.69, 9.17) is 21.3 Å². The van der Waals surface area contributed by atoms with Crippen LogP contribution in [0.25, 0.3) is 10.2 Å². The largest absolute Gasteiger partial charge is 0.497 e. The summed E-state index contributed by atoms with van der Waals surface area (Å²) in [4.78, 5) is 23.9. The number of aromatic nitrogens is 3. The first kappa shape index (κ1) is 23.5. The van der Waals surface area contributed by atoms with Crippen LogP contribution in [0.3, 0.4) is 0 Å². The molecule has 10 heteroatoms. The van der Waals surface area contributed by atoms with E-state index in [-0.39, 0.29) is 18.3 Å². The van der Waals surface area contributed by atoms with E-state index in [0.29, 0.717) is 22.3 Å². The summed E-state index contributed by atoms with van der Waals surface area (Å²) in [6, 6.07) is 11.0. The molecule has 0 N–H and O–H groups in total. The highest BCUT2D eigenvalue weighted by Gasteiger charge is 2.23. The third-order valence-electron chi connectivity index (χ3n) is 4.58. The summed E-state index contributed by atoms with van der Waals surface area (Å²) in [5, 5.41) is 1.04. The van der Waals surface area contributed by atoms with Crippen LogP contribution >= 0.6 is 51.3 Å². The molecule has 0 saturated carbocycles. The number of rotatable bonds is 7. The quantitative estimate of drug-likeness (QED) is 0.284. The van der Waals surface area contributed by atoms with Crippen LogP contribution in [-0.2, 0) is 6.54 Å². The Hall–Kier alpha value is -2.13. The molecule has 4 aromatic rings. The molecule has 4 rings (SSSR count). The minimum absolute atomic E-state index is 0. The van der Waals surface area contributed by atoms with Crippen molar-refractivity contribution in [3.8, 4) is 5.75 Å². The lowest BCUT2D eigenvalue weighted by Crippen LogP contribution is -2.32. The molecule has 0 fully saturated rings. The molecule has 0 aliphatic carbocycles. The van der Waals surface area contributed by atoms with Crippen LogP contribution < -0.4 is 9.64 Å². The Morgan fingerprint density at radius 2 is 2.13 bits per heavy atom. The Labute approximate surface area is 203 Å². The van der Waals surface area contributed by atoms with Crippen molar-refractivity contribution < 1.29 is 9.53 Å². The predicted octanol–water partition coefficient (Wildman–Crippen LogP) is 6.08. The molecule has 31 heavy (non-hydrogen) atoms. The molecule has 6 nitrogen and oxygen atoms in total. The zero-order chi connectivity index (χ0) is 21.1. The maximum atomic E-state index is 13.5. The number of carbonyl (C=O) groups is 1. The van der Waals surface area contributed by atoms with E-state index in [9.17, 15) is 4.79 Å². The molecular weight excluding hydrogens is 523 g/mol. The minimum atomic E-state index is -0.182. The lowest BCUT2D eigenvalue weighted by molar-refractivity contribution is 0.0986. The van der Waals surface area contributed by atoms with Crippen LogP contribution in [0.15, 0.2) is 59.6 Å². The van der Waals surface area contributed by atoms with Crippen LogP contribution in [0, 0.1) is 0 Å². The fraction of sp³-hybridized carbons (Fsp3) is 0.190. The number of fused-ring (bicyclic) bond motifs is 1. The number of halogens is 3. The van der Waals surface area contributed by atoms with Crippen LogP contribution in [-0.4, -0.2) is 34.1 Å². The highest BCUT2D eigenvalue weighted by molar-refractivity contribution is 9.10. The van der Waals surface area contributed by atoms with Gasteiger partial charge in [-0.3, -0.25) is 9.69 Å². The first-order valence-electron chi connectivity index (χ1n) is 9.22. The Bertz CT molecular complexity index is 1180. The first-order valence-corrected chi connectivity index (χ1v) is 11.2. The van der Waals surface area contributed by atoms with E-state index in [2.05, 4.69) is 20.9 Å². The van der Waals surface area contributed by atoms with Crippen LogP contribution in [0.5, 0.6) is 5.75 Å². The summed E-state index contributed by atoms with van der Waals surface area (Å²) in [6.07, 6.45) is 6.15. The number of benzene rings is 2. The number of methoxy groups -OCH3 is 1. The molecule has 0 radical (unpaired) electrons. The van der Waals surface area contributed by atoms with Gasteiger partial charge >= 0.3 is 0 Å². The van der Waals surface area contributed by atoms with Gasteiger partial charge in [0, 0.05) is 30.0 Å². The molecule has 2 heterocycles. The number of carbonyl (C=O) groups excluding carboxylic acids is 1. The normalized spacial score (nSPS) is 10.7. The third-order valence-corrected chi connectivity index (χ3v) is 6.44. The van der Waals surface area contributed by atoms with Crippen molar-refractivity contribution in [1.29, 1.82) is 0 Å². The second-order valence-corrected chi connectivity index (χ2v) is 8.90. The number of hydrogen-bond acceptors (Lipinski definition) is 5. The van der Waals surface area contributed by atoms with Gasteiger partial charge in [-0.2, -0.15) is 0 Å². The SMILES string of the molecule is COc1ccc2nc(N(CCCn3ccnc3)C(=O)c3cc(Br)ccc3Cl)sc2c1.Cl. The van der Waals surface area contributed by atoms with Crippen molar-refractivity contribution in [2.75, 3.05) is 18.6 Å². The Morgan fingerprint density at radius 1 is 1.29 bits per heavy atom. The van der Waals surface area contributed by atoms with Gasteiger partial charge in [-0.05, 0) is 42.8 Å². The summed E-state index contributed by atoms with van der Waals surface area (Å²) >= 11 is 11.2. The Balaban J connectivity index is 0.00000272. The van der Waals surface area contributed by atoms with Gasteiger partial charge in [-0.25, -0.2) is 9.97 Å². The van der Waals surface area contributed by atoms with Gasteiger partial charge in [0.05, 0.1) is 34.2 Å². The van der Waals surface area contributed by atoms with E-state index in [1.807, 2.05) is 35.0 Å². The second-order valence-electron chi connectivity index (χ2n) is 6.57. The van der Waals surface area contributed by atoms with Gasteiger partial charge < -0.3 is 9.30 Å². The highest BCUT2D eigenvalue weighted by Crippen LogP contribution is 2.33. The zero-order valence-electron chi connectivity index (χ0n) is 16.5. The molecule has 0 unspecified atom stereocenters. The average Bonchev–Trinajstić information content (AvgIpc) is 3.41. The van der Waals surface area contributed by atoms with E-state index in [1.54, 1.807) is 36.7 Å². The monoisotopic (exact) mass is 540 g/mol. The van der Waals surface area contributed by atoms with Crippen LogP contribution in [0.2, 0.25) is 5.02 Å². The first-order chi connectivity index (χ1) is 14.5. The van der Waals surface area contributed by atoms with Gasteiger partial charge in [0.1, 0.15) is 5.75 Å². The van der Waals surface area contributed by atoms with Crippen molar-refractivity contribution >= 4 is 72.5 Å². The third kappa shape index (κ3) is 5.38. The summed E-state index contributed by atoms with van der Waals surface area (Å²) in [5.74, 6) is 0.573. The molecule has 0 aliphatic heterocycles. The van der Waals surface area contributed by atoms with Crippen molar-refractivity contribution in [2.24, 2.45) is 0 Å². The van der Waals surface area contributed by atoms with Crippen molar-refractivity contribution in [3.63, 3.8) is 0 Å². The standard InChI is InChI=1S/C21H18BrClN4O2S.ClH/c1-29-15-4-6-18-19(12-15)30-21(25-18)27(9-2-8-26-10-7-24-13-26)20(28)16-11-14(22)3-5-17(16)23;/h3-7,10-13H,2,8-9H2,1H3;1H. The number of hydrogen-bond donors (Lipinski definition) is 0. The van der Waals surface area contributed by atoms with Gasteiger partial charge in [-0.15, -0.1) is 12.4 Å². The summed E-state index contributed by atoms with van der Waals surface area (Å²) in [5.41, 5.74) is 1.26. The maximum absolute atomic E-state index is 13.5. The number of thiazole rings is 1. The topological polar surface area (TPSA) is 60.2 Å². The number of aryl methyl sites for hydroxylation is 1. The average molecular weight is 542 g/mol. The van der Waals surface area contributed by atoms with Crippen LogP contribution in [0.4, 0.5) is 5.13 Å². The summed E-state index contributed by atoms with van der Waals surface area (Å²) in [6.45, 7) is 1.24. The summed E-state index contributed by atoms with van der Waals surface area (Å²) < 4.78 is 9.04. The molecular formula is C21H19BrCl2N4O2S. The fourth-order valence-corrected chi connectivity index (χ4v) is 4.63. The highest BCUT2D eigenvalue weighted by atomic mass is 79.9. The Morgan fingerprint density at radius 3 is 2.87 bits per heavy atom. The van der Waals surface area contributed by atoms with E-state index in [1.165, 1.54) is 11.3 Å². The lowest BCUT2D eigenvalue weighted by Gasteiger charge is -2.21. The van der Waals surface area contributed by atoms with E-state index < -0.39 is 0 Å². The molecule has 1 amide bonds. The van der Waals surface area contributed by atoms with Crippen LogP contribution in [0.1, 0.15) is 16.8 Å². The molecule has 0 spiro atoms. The fourth-order valence-electron chi connectivity index (χ4n) is 3.06. The van der Waals surface area contributed by atoms with Gasteiger partial charge in [-0.1, -0.05) is 38.9 Å².